The smallest absolute Gasteiger partial charge is 0.233 e. The van der Waals surface area contributed by atoms with Crippen LogP contribution in [0.1, 0.15) is 49.8 Å². The van der Waals surface area contributed by atoms with Crippen LogP contribution in [0.5, 0.6) is 5.75 Å². The zero-order valence-corrected chi connectivity index (χ0v) is 15.0. The summed E-state index contributed by atoms with van der Waals surface area (Å²) in [6.45, 7) is 6.30. The summed E-state index contributed by atoms with van der Waals surface area (Å²) >= 11 is 0. The van der Waals surface area contributed by atoms with E-state index >= 15 is 0 Å². The maximum atomic E-state index is 13.2. The Labute approximate surface area is 147 Å². The molecule has 2 heterocycles. The van der Waals surface area contributed by atoms with Gasteiger partial charge >= 0.3 is 0 Å². The molecule has 0 radical (unpaired) electrons. The van der Waals surface area contributed by atoms with Crippen LogP contribution in [0.2, 0.25) is 0 Å². The van der Waals surface area contributed by atoms with Crippen molar-refractivity contribution in [3.63, 3.8) is 0 Å². The highest BCUT2D eigenvalue weighted by atomic mass is 16.5. The molecule has 1 aliphatic heterocycles. The Hall–Kier alpha value is -2.37. The van der Waals surface area contributed by atoms with Crippen molar-refractivity contribution in [1.82, 2.24) is 19.7 Å². The lowest BCUT2D eigenvalue weighted by molar-refractivity contribution is -0.135. The molecule has 2 aliphatic rings. The van der Waals surface area contributed by atoms with Gasteiger partial charge in [0.15, 0.2) is 5.82 Å². The van der Waals surface area contributed by atoms with Gasteiger partial charge in [0, 0.05) is 19.0 Å². The van der Waals surface area contributed by atoms with Gasteiger partial charge in [0.2, 0.25) is 5.91 Å². The third-order valence-electron chi connectivity index (χ3n) is 5.39. The highest BCUT2D eigenvalue weighted by Crippen LogP contribution is 2.50. The van der Waals surface area contributed by atoms with Crippen molar-refractivity contribution < 1.29 is 9.53 Å². The zero-order chi connectivity index (χ0) is 17.6. The molecular weight excluding hydrogens is 316 g/mol. The van der Waals surface area contributed by atoms with Crippen molar-refractivity contribution in [3.8, 4) is 5.75 Å². The molecule has 1 aromatic heterocycles. The summed E-state index contributed by atoms with van der Waals surface area (Å²) in [7, 11) is 1.66. The third kappa shape index (κ3) is 2.60. The molecule has 6 heteroatoms. The molecular formula is C19H24N4O2. The van der Waals surface area contributed by atoms with Gasteiger partial charge in [0.1, 0.15) is 11.6 Å². The van der Waals surface area contributed by atoms with Crippen LogP contribution in [-0.4, -0.2) is 39.2 Å². The predicted molar refractivity (Wildman–Crippen MR) is 93.4 cm³/mol. The molecule has 0 unspecified atom stereocenters. The fourth-order valence-electron chi connectivity index (χ4n) is 3.74. The number of methoxy groups -OCH3 is 1. The van der Waals surface area contributed by atoms with Crippen molar-refractivity contribution in [3.05, 3.63) is 41.5 Å². The molecule has 0 saturated heterocycles. The second-order valence-electron chi connectivity index (χ2n) is 7.32. The fraction of sp³-hybridized carbons (Fsp3) is 0.526. The van der Waals surface area contributed by atoms with Crippen LogP contribution in [0.25, 0.3) is 0 Å². The minimum atomic E-state index is -0.352. The van der Waals surface area contributed by atoms with E-state index in [2.05, 4.69) is 28.6 Å². The van der Waals surface area contributed by atoms with Crippen LogP contribution in [0.15, 0.2) is 24.3 Å². The second kappa shape index (κ2) is 5.86. The van der Waals surface area contributed by atoms with E-state index in [1.165, 1.54) is 0 Å². The SMILES string of the molecule is COc1ccc(C2(C(=O)N3CCn4c(nnc4C(C)C)C3)CC2)cc1. The quantitative estimate of drug-likeness (QED) is 0.858. The zero-order valence-electron chi connectivity index (χ0n) is 15.0. The maximum Gasteiger partial charge on any atom is 0.233 e. The van der Waals surface area contributed by atoms with Crippen LogP contribution in [0, 0.1) is 0 Å². The number of carbonyl (C=O) groups excluding carboxylic acids is 1. The Kier molecular flexibility index (Phi) is 3.78. The molecule has 132 valence electrons. The molecule has 1 fully saturated rings. The van der Waals surface area contributed by atoms with Crippen LogP contribution in [0.4, 0.5) is 0 Å². The molecule has 1 amide bonds. The lowest BCUT2D eigenvalue weighted by Gasteiger charge is -2.31. The number of benzene rings is 1. The number of amides is 1. The highest BCUT2D eigenvalue weighted by Gasteiger charge is 2.53. The first-order valence-corrected chi connectivity index (χ1v) is 8.91. The van der Waals surface area contributed by atoms with Crippen LogP contribution < -0.4 is 4.74 Å². The second-order valence-corrected chi connectivity index (χ2v) is 7.32. The van der Waals surface area contributed by atoms with Crippen molar-refractivity contribution in [2.75, 3.05) is 13.7 Å². The third-order valence-corrected chi connectivity index (χ3v) is 5.39. The van der Waals surface area contributed by atoms with E-state index in [1.54, 1.807) is 7.11 Å². The average molecular weight is 340 g/mol. The number of fused-ring (bicyclic) bond motifs is 1. The van der Waals surface area contributed by atoms with Crippen LogP contribution in [-0.2, 0) is 23.3 Å². The van der Waals surface area contributed by atoms with E-state index in [1.807, 2.05) is 29.2 Å². The van der Waals surface area contributed by atoms with Crippen molar-refractivity contribution in [2.24, 2.45) is 0 Å². The summed E-state index contributed by atoms with van der Waals surface area (Å²) in [5.41, 5.74) is 0.739. The molecule has 1 aromatic carbocycles. The Morgan fingerprint density at radius 3 is 2.48 bits per heavy atom. The highest BCUT2D eigenvalue weighted by molar-refractivity contribution is 5.91. The molecule has 1 saturated carbocycles. The summed E-state index contributed by atoms with van der Waals surface area (Å²) in [6, 6.07) is 7.91. The lowest BCUT2D eigenvalue weighted by atomic mass is 9.94. The molecule has 0 atom stereocenters. The Morgan fingerprint density at radius 2 is 1.88 bits per heavy atom. The number of rotatable bonds is 4. The minimum absolute atomic E-state index is 0.220. The first-order chi connectivity index (χ1) is 12.0. The molecule has 25 heavy (non-hydrogen) atoms. The van der Waals surface area contributed by atoms with E-state index < -0.39 is 0 Å². The van der Waals surface area contributed by atoms with Crippen molar-refractivity contribution in [1.29, 1.82) is 0 Å². The standard InChI is InChI=1S/C19H24N4O2/c1-13(2)17-21-20-16-12-22(10-11-23(16)17)18(24)19(8-9-19)14-4-6-15(25-3)7-5-14/h4-7,13H,8-12H2,1-3H3. The topological polar surface area (TPSA) is 60.2 Å². The molecule has 2 aromatic rings. The number of aromatic nitrogens is 3. The number of nitrogens with zero attached hydrogens (tertiary/aromatic N) is 4. The number of carbonyl (C=O) groups is 1. The summed E-state index contributed by atoms with van der Waals surface area (Å²) in [5.74, 6) is 3.29. The van der Waals surface area contributed by atoms with E-state index in [0.29, 0.717) is 12.5 Å². The van der Waals surface area contributed by atoms with Gasteiger partial charge in [-0.05, 0) is 30.5 Å². The molecule has 6 nitrogen and oxygen atoms in total. The fourth-order valence-corrected chi connectivity index (χ4v) is 3.74. The normalized spacial score (nSPS) is 18.2. The van der Waals surface area contributed by atoms with Gasteiger partial charge in [-0.1, -0.05) is 26.0 Å². The van der Waals surface area contributed by atoms with Gasteiger partial charge in [0.25, 0.3) is 0 Å². The van der Waals surface area contributed by atoms with Gasteiger partial charge in [-0.15, -0.1) is 10.2 Å². The summed E-state index contributed by atoms with van der Waals surface area (Å²) in [6.07, 6.45) is 1.83. The van der Waals surface area contributed by atoms with Gasteiger partial charge in [-0.25, -0.2) is 0 Å². The first kappa shape index (κ1) is 16.1. The summed E-state index contributed by atoms with van der Waals surface area (Å²) in [5, 5.41) is 8.62. The van der Waals surface area contributed by atoms with Crippen LogP contribution in [0.3, 0.4) is 0 Å². The maximum absolute atomic E-state index is 13.2. The van der Waals surface area contributed by atoms with Gasteiger partial charge in [0.05, 0.1) is 19.1 Å². The van der Waals surface area contributed by atoms with Gasteiger partial charge < -0.3 is 14.2 Å². The Bertz CT molecular complexity index is 790. The molecule has 4 rings (SSSR count). The van der Waals surface area contributed by atoms with Crippen molar-refractivity contribution in [2.45, 2.75) is 51.1 Å². The van der Waals surface area contributed by atoms with Crippen molar-refractivity contribution >= 4 is 5.91 Å². The molecule has 0 spiro atoms. The predicted octanol–water partition coefficient (Wildman–Crippen LogP) is 2.48. The van der Waals surface area contributed by atoms with E-state index in [9.17, 15) is 4.79 Å². The first-order valence-electron chi connectivity index (χ1n) is 8.91. The number of ether oxygens (including phenoxy) is 1. The van der Waals surface area contributed by atoms with Crippen LogP contribution >= 0.6 is 0 Å². The lowest BCUT2D eigenvalue weighted by Crippen LogP contribution is -2.44. The van der Waals surface area contributed by atoms with Gasteiger partial charge in [-0.2, -0.15) is 0 Å². The summed E-state index contributed by atoms with van der Waals surface area (Å²) < 4.78 is 7.39. The Morgan fingerprint density at radius 1 is 1.16 bits per heavy atom. The Balaban J connectivity index is 1.55. The largest absolute Gasteiger partial charge is 0.497 e. The molecule has 1 aliphatic carbocycles. The molecule has 0 bridgehead atoms. The summed E-state index contributed by atoms with van der Waals surface area (Å²) in [4.78, 5) is 15.2. The monoisotopic (exact) mass is 340 g/mol. The molecule has 0 N–H and O–H groups in total. The van der Waals surface area contributed by atoms with E-state index in [4.69, 9.17) is 4.74 Å². The minimum Gasteiger partial charge on any atom is -0.497 e. The average Bonchev–Trinajstić information content (AvgIpc) is 3.33. The van der Waals surface area contributed by atoms with E-state index in [0.717, 1.165) is 48.9 Å². The number of hydrogen-bond donors (Lipinski definition) is 0. The van der Waals surface area contributed by atoms with E-state index in [-0.39, 0.29) is 11.3 Å². The van der Waals surface area contributed by atoms with Gasteiger partial charge in [-0.3, -0.25) is 4.79 Å². The number of hydrogen-bond acceptors (Lipinski definition) is 4.